The predicted octanol–water partition coefficient (Wildman–Crippen LogP) is 3.13. The van der Waals surface area contributed by atoms with E-state index < -0.39 is 11.6 Å². The standard InChI is InChI=1S/C18H23F2N3O2/c19-14-9-15(20)11-16(10-14)22-18(25)23-7-4-12(5-8-23)3-6-21-17(24)13-1-2-13/h9-13H,1-8H2,(H,21,24)(H,22,25). The van der Waals surface area contributed by atoms with Crippen molar-refractivity contribution in [1.82, 2.24) is 10.2 Å². The van der Waals surface area contributed by atoms with Crippen molar-refractivity contribution in [1.29, 1.82) is 0 Å². The fourth-order valence-electron chi connectivity index (χ4n) is 3.14. The number of halogens is 2. The van der Waals surface area contributed by atoms with Gasteiger partial charge < -0.3 is 15.5 Å². The fraction of sp³-hybridized carbons (Fsp3) is 0.556. The Balaban J connectivity index is 1.39. The molecule has 2 aliphatic rings. The number of nitrogens with one attached hydrogen (secondary N) is 2. The van der Waals surface area contributed by atoms with Crippen molar-refractivity contribution in [3.8, 4) is 0 Å². The van der Waals surface area contributed by atoms with Crippen molar-refractivity contribution >= 4 is 17.6 Å². The Bertz CT molecular complexity index is 621. The third-order valence-electron chi connectivity index (χ3n) is 4.82. The zero-order valence-corrected chi connectivity index (χ0v) is 14.1. The number of amides is 3. The maximum Gasteiger partial charge on any atom is 0.321 e. The van der Waals surface area contributed by atoms with E-state index in [1.807, 2.05) is 0 Å². The van der Waals surface area contributed by atoms with Gasteiger partial charge in [-0.25, -0.2) is 13.6 Å². The minimum absolute atomic E-state index is 0.118. The average molecular weight is 351 g/mol. The molecule has 25 heavy (non-hydrogen) atoms. The van der Waals surface area contributed by atoms with E-state index in [0.717, 1.165) is 50.3 Å². The number of rotatable bonds is 5. The summed E-state index contributed by atoms with van der Waals surface area (Å²) < 4.78 is 26.3. The number of likely N-dealkylation sites (tertiary alicyclic amines) is 1. The Hall–Kier alpha value is -2.18. The van der Waals surface area contributed by atoms with Crippen LogP contribution < -0.4 is 10.6 Å². The Labute approximate surface area is 145 Å². The van der Waals surface area contributed by atoms with Gasteiger partial charge in [0.2, 0.25) is 5.91 Å². The van der Waals surface area contributed by atoms with Gasteiger partial charge in [0.15, 0.2) is 0 Å². The van der Waals surface area contributed by atoms with Gasteiger partial charge >= 0.3 is 6.03 Å². The summed E-state index contributed by atoms with van der Waals surface area (Å²) in [7, 11) is 0. The highest BCUT2D eigenvalue weighted by molar-refractivity contribution is 5.89. The van der Waals surface area contributed by atoms with Crippen molar-refractivity contribution in [3.63, 3.8) is 0 Å². The van der Waals surface area contributed by atoms with E-state index in [9.17, 15) is 18.4 Å². The molecule has 0 unspecified atom stereocenters. The van der Waals surface area contributed by atoms with Crippen molar-refractivity contribution in [3.05, 3.63) is 29.8 Å². The van der Waals surface area contributed by atoms with E-state index in [-0.39, 0.29) is 23.5 Å². The molecule has 1 aromatic rings. The molecule has 0 radical (unpaired) electrons. The number of nitrogens with zero attached hydrogens (tertiary/aromatic N) is 1. The summed E-state index contributed by atoms with van der Waals surface area (Å²) in [5, 5.41) is 5.50. The summed E-state index contributed by atoms with van der Waals surface area (Å²) in [5.74, 6) is -0.558. The molecule has 3 amide bonds. The van der Waals surface area contributed by atoms with Crippen molar-refractivity contribution in [2.75, 3.05) is 25.0 Å². The average Bonchev–Trinajstić information content (AvgIpc) is 3.39. The van der Waals surface area contributed by atoms with Gasteiger partial charge in [-0.2, -0.15) is 0 Å². The summed E-state index contributed by atoms with van der Waals surface area (Å²) in [4.78, 5) is 25.4. The highest BCUT2D eigenvalue weighted by atomic mass is 19.1. The van der Waals surface area contributed by atoms with Gasteiger partial charge in [-0.15, -0.1) is 0 Å². The lowest BCUT2D eigenvalue weighted by molar-refractivity contribution is -0.122. The van der Waals surface area contributed by atoms with Crippen LogP contribution in [0.1, 0.15) is 32.1 Å². The maximum absolute atomic E-state index is 13.2. The molecule has 1 aliphatic carbocycles. The Kier molecular flexibility index (Phi) is 5.50. The smallest absolute Gasteiger partial charge is 0.321 e. The van der Waals surface area contributed by atoms with Crippen molar-refractivity contribution in [2.45, 2.75) is 32.1 Å². The lowest BCUT2D eigenvalue weighted by Gasteiger charge is -2.32. The maximum atomic E-state index is 13.2. The Morgan fingerprint density at radius 1 is 1.04 bits per heavy atom. The first-order chi connectivity index (χ1) is 12.0. The number of hydrogen-bond donors (Lipinski definition) is 2. The summed E-state index contributed by atoms with van der Waals surface area (Å²) in [5.41, 5.74) is 0.118. The highest BCUT2D eigenvalue weighted by Crippen LogP contribution is 2.29. The summed E-state index contributed by atoms with van der Waals surface area (Å²) >= 11 is 0. The number of benzene rings is 1. The van der Waals surface area contributed by atoms with Crippen LogP contribution in [-0.2, 0) is 4.79 Å². The normalized spacial score (nSPS) is 18.1. The monoisotopic (exact) mass is 351 g/mol. The molecule has 5 nitrogen and oxygen atoms in total. The lowest BCUT2D eigenvalue weighted by Crippen LogP contribution is -2.41. The molecule has 136 valence electrons. The Morgan fingerprint density at radius 2 is 1.68 bits per heavy atom. The quantitative estimate of drug-likeness (QED) is 0.856. The summed E-state index contributed by atoms with van der Waals surface area (Å²) in [6.07, 6.45) is 4.67. The molecule has 1 aromatic carbocycles. The molecule has 0 aromatic heterocycles. The molecule has 0 atom stereocenters. The van der Waals surface area contributed by atoms with Gasteiger partial charge in [0.05, 0.1) is 0 Å². The molecule has 1 heterocycles. The van der Waals surface area contributed by atoms with Crippen LogP contribution >= 0.6 is 0 Å². The number of carbonyl (C=O) groups is 2. The number of carbonyl (C=O) groups excluding carboxylic acids is 2. The van der Waals surface area contributed by atoms with E-state index in [0.29, 0.717) is 25.6 Å². The largest absolute Gasteiger partial charge is 0.356 e. The summed E-state index contributed by atoms with van der Waals surface area (Å²) in [6.45, 7) is 1.89. The lowest BCUT2D eigenvalue weighted by atomic mass is 9.93. The van der Waals surface area contributed by atoms with Gasteiger partial charge in [0.1, 0.15) is 11.6 Å². The second kappa shape index (κ2) is 7.80. The SMILES string of the molecule is O=C(NCCC1CCN(C(=O)Nc2cc(F)cc(F)c2)CC1)C1CC1. The van der Waals surface area contributed by atoms with Gasteiger partial charge in [-0.05, 0) is 50.2 Å². The molecule has 7 heteroatoms. The van der Waals surface area contributed by atoms with Gasteiger partial charge in [0, 0.05) is 37.3 Å². The first kappa shape index (κ1) is 17.6. The topological polar surface area (TPSA) is 61.4 Å². The Morgan fingerprint density at radius 3 is 2.28 bits per heavy atom. The highest BCUT2D eigenvalue weighted by Gasteiger charge is 2.29. The molecule has 2 fully saturated rings. The van der Waals surface area contributed by atoms with E-state index in [2.05, 4.69) is 10.6 Å². The fourth-order valence-corrected chi connectivity index (χ4v) is 3.14. The van der Waals surface area contributed by atoms with Crippen LogP contribution in [0.5, 0.6) is 0 Å². The number of hydrogen-bond acceptors (Lipinski definition) is 2. The van der Waals surface area contributed by atoms with E-state index in [4.69, 9.17) is 0 Å². The summed E-state index contributed by atoms with van der Waals surface area (Å²) in [6, 6.07) is 2.61. The zero-order chi connectivity index (χ0) is 17.8. The van der Waals surface area contributed by atoms with Crippen LogP contribution in [0.2, 0.25) is 0 Å². The van der Waals surface area contributed by atoms with Crippen LogP contribution in [0.3, 0.4) is 0 Å². The van der Waals surface area contributed by atoms with Crippen LogP contribution in [0.25, 0.3) is 0 Å². The molecule has 1 saturated heterocycles. The van der Waals surface area contributed by atoms with Crippen LogP contribution in [0.15, 0.2) is 18.2 Å². The molecule has 1 aliphatic heterocycles. The van der Waals surface area contributed by atoms with E-state index >= 15 is 0 Å². The van der Waals surface area contributed by atoms with Crippen LogP contribution in [0.4, 0.5) is 19.3 Å². The van der Waals surface area contributed by atoms with E-state index in [1.165, 1.54) is 0 Å². The third kappa shape index (κ3) is 5.14. The molecular formula is C18H23F2N3O2. The van der Waals surface area contributed by atoms with Gasteiger partial charge in [-0.3, -0.25) is 4.79 Å². The minimum Gasteiger partial charge on any atom is -0.356 e. The van der Waals surface area contributed by atoms with Crippen LogP contribution in [0, 0.1) is 23.5 Å². The molecule has 2 N–H and O–H groups in total. The minimum atomic E-state index is -0.720. The first-order valence-corrected chi connectivity index (χ1v) is 8.81. The van der Waals surface area contributed by atoms with Crippen molar-refractivity contribution < 1.29 is 18.4 Å². The van der Waals surface area contributed by atoms with Crippen LogP contribution in [-0.4, -0.2) is 36.5 Å². The number of anilines is 1. The first-order valence-electron chi connectivity index (χ1n) is 8.81. The van der Waals surface area contributed by atoms with Gasteiger partial charge in [0.25, 0.3) is 0 Å². The number of piperidine rings is 1. The zero-order valence-electron chi connectivity index (χ0n) is 14.1. The predicted molar refractivity (Wildman–Crippen MR) is 90.0 cm³/mol. The third-order valence-corrected chi connectivity index (χ3v) is 4.82. The van der Waals surface area contributed by atoms with E-state index in [1.54, 1.807) is 4.90 Å². The second-order valence-electron chi connectivity index (χ2n) is 6.87. The molecule has 1 saturated carbocycles. The molecule has 0 spiro atoms. The molecule has 3 rings (SSSR count). The van der Waals surface area contributed by atoms with Gasteiger partial charge in [-0.1, -0.05) is 0 Å². The molecular weight excluding hydrogens is 328 g/mol. The number of urea groups is 1. The second-order valence-corrected chi connectivity index (χ2v) is 6.87. The molecule has 0 bridgehead atoms. The van der Waals surface area contributed by atoms with Crippen molar-refractivity contribution in [2.24, 2.45) is 11.8 Å².